The monoisotopic (exact) mass is 336 g/mol. The summed E-state index contributed by atoms with van der Waals surface area (Å²) in [5, 5.41) is 2.83. The molecule has 1 amide bonds. The number of aromatic nitrogens is 1. The molecule has 0 fully saturated rings. The van der Waals surface area contributed by atoms with Crippen molar-refractivity contribution in [2.45, 2.75) is 13.8 Å². The Morgan fingerprint density at radius 3 is 2.48 bits per heavy atom. The first-order valence-corrected chi connectivity index (χ1v) is 7.80. The average Bonchev–Trinajstić information content (AvgIpc) is 2.57. The highest BCUT2D eigenvalue weighted by Crippen LogP contribution is 2.24. The molecule has 1 N–H and O–H groups in total. The molecule has 0 aliphatic carbocycles. The summed E-state index contributed by atoms with van der Waals surface area (Å²) in [6.07, 6.45) is 0. The molecule has 0 aliphatic rings. The van der Waals surface area contributed by atoms with Gasteiger partial charge in [-0.05, 0) is 62.4 Å². The highest BCUT2D eigenvalue weighted by atomic mass is 19.1. The van der Waals surface area contributed by atoms with E-state index in [0.717, 1.165) is 5.69 Å². The number of rotatable bonds is 4. The minimum Gasteiger partial charge on any atom is -0.457 e. The van der Waals surface area contributed by atoms with E-state index in [9.17, 15) is 9.18 Å². The van der Waals surface area contributed by atoms with Gasteiger partial charge in [-0.2, -0.15) is 0 Å². The van der Waals surface area contributed by atoms with E-state index in [-0.39, 0.29) is 11.7 Å². The van der Waals surface area contributed by atoms with Gasteiger partial charge in [0.2, 0.25) is 0 Å². The second-order valence-corrected chi connectivity index (χ2v) is 5.62. The molecule has 0 bridgehead atoms. The van der Waals surface area contributed by atoms with Crippen molar-refractivity contribution in [2.75, 3.05) is 5.32 Å². The number of hydrogen-bond donors (Lipinski definition) is 1. The van der Waals surface area contributed by atoms with E-state index in [1.54, 1.807) is 55.5 Å². The standard InChI is InChI=1S/C20H17FN2O2/c1-13-6-11-19(14(2)22-13)20(24)23-16-4-3-5-18(12-16)25-17-9-7-15(21)8-10-17/h3-12H,1-2H3,(H,23,24). The van der Waals surface area contributed by atoms with E-state index in [1.165, 1.54) is 12.1 Å². The summed E-state index contributed by atoms with van der Waals surface area (Å²) in [6, 6.07) is 16.3. The van der Waals surface area contributed by atoms with Crippen LogP contribution in [0.5, 0.6) is 11.5 Å². The molecular formula is C20H17FN2O2. The first-order valence-electron chi connectivity index (χ1n) is 7.80. The van der Waals surface area contributed by atoms with E-state index in [0.29, 0.717) is 28.4 Å². The molecule has 0 radical (unpaired) electrons. The Hall–Kier alpha value is -3.21. The topological polar surface area (TPSA) is 51.2 Å². The van der Waals surface area contributed by atoms with Gasteiger partial charge in [0.05, 0.1) is 11.3 Å². The number of pyridine rings is 1. The number of nitrogens with one attached hydrogen (secondary N) is 1. The van der Waals surface area contributed by atoms with Crippen LogP contribution in [-0.4, -0.2) is 10.9 Å². The van der Waals surface area contributed by atoms with Gasteiger partial charge in [0, 0.05) is 17.4 Å². The number of anilines is 1. The van der Waals surface area contributed by atoms with Gasteiger partial charge in [0.1, 0.15) is 17.3 Å². The molecule has 0 aliphatic heterocycles. The Balaban J connectivity index is 1.75. The third kappa shape index (κ3) is 4.20. The molecule has 126 valence electrons. The summed E-state index contributed by atoms with van der Waals surface area (Å²) in [7, 11) is 0. The van der Waals surface area contributed by atoms with E-state index < -0.39 is 0 Å². The number of amides is 1. The predicted molar refractivity (Wildman–Crippen MR) is 94.6 cm³/mol. The van der Waals surface area contributed by atoms with Crippen LogP contribution in [0, 0.1) is 19.7 Å². The average molecular weight is 336 g/mol. The molecular weight excluding hydrogens is 319 g/mol. The van der Waals surface area contributed by atoms with Crippen molar-refractivity contribution in [1.29, 1.82) is 0 Å². The summed E-state index contributed by atoms with van der Waals surface area (Å²) < 4.78 is 18.6. The molecule has 0 spiro atoms. The fourth-order valence-electron chi connectivity index (χ4n) is 2.40. The summed E-state index contributed by atoms with van der Waals surface area (Å²) in [5.74, 6) is 0.506. The van der Waals surface area contributed by atoms with Crippen molar-refractivity contribution >= 4 is 11.6 Å². The highest BCUT2D eigenvalue weighted by Gasteiger charge is 2.11. The van der Waals surface area contributed by atoms with Gasteiger partial charge in [0.25, 0.3) is 5.91 Å². The molecule has 3 rings (SSSR count). The van der Waals surface area contributed by atoms with Crippen LogP contribution >= 0.6 is 0 Å². The van der Waals surface area contributed by atoms with Crippen LogP contribution < -0.4 is 10.1 Å². The zero-order valence-corrected chi connectivity index (χ0v) is 13.9. The molecule has 2 aromatic carbocycles. The van der Waals surface area contributed by atoms with Crippen LogP contribution in [0.2, 0.25) is 0 Å². The first kappa shape index (κ1) is 16.6. The van der Waals surface area contributed by atoms with E-state index in [1.807, 2.05) is 6.92 Å². The maximum Gasteiger partial charge on any atom is 0.257 e. The van der Waals surface area contributed by atoms with Crippen molar-refractivity contribution in [1.82, 2.24) is 4.98 Å². The highest BCUT2D eigenvalue weighted by molar-refractivity contribution is 6.05. The molecule has 0 saturated carbocycles. The van der Waals surface area contributed by atoms with Crippen molar-refractivity contribution in [3.8, 4) is 11.5 Å². The maximum atomic E-state index is 12.9. The normalized spacial score (nSPS) is 10.4. The van der Waals surface area contributed by atoms with Gasteiger partial charge in [-0.25, -0.2) is 4.39 Å². The molecule has 25 heavy (non-hydrogen) atoms. The second kappa shape index (κ2) is 7.13. The minimum absolute atomic E-state index is 0.232. The van der Waals surface area contributed by atoms with E-state index in [2.05, 4.69) is 10.3 Å². The van der Waals surface area contributed by atoms with Gasteiger partial charge in [-0.1, -0.05) is 6.07 Å². The fourth-order valence-corrected chi connectivity index (χ4v) is 2.40. The number of benzene rings is 2. The van der Waals surface area contributed by atoms with Gasteiger partial charge in [0.15, 0.2) is 0 Å². The lowest BCUT2D eigenvalue weighted by Gasteiger charge is -2.10. The summed E-state index contributed by atoms with van der Waals surface area (Å²) in [6.45, 7) is 3.68. The van der Waals surface area contributed by atoms with Crippen LogP contribution in [0.15, 0.2) is 60.7 Å². The smallest absolute Gasteiger partial charge is 0.257 e. The van der Waals surface area contributed by atoms with Crippen LogP contribution in [0.3, 0.4) is 0 Å². The number of aryl methyl sites for hydroxylation is 2. The minimum atomic E-state index is -0.324. The Morgan fingerprint density at radius 1 is 1.00 bits per heavy atom. The molecule has 0 saturated heterocycles. The first-order chi connectivity index (χ1) is 12.0. The van der Waals surface area contributed by atoms with Gasteiger partial charge < -0.3 is 10.1 Å². The van der Waals surface area contributed by atoms with Crippen molar-refractivity contribution in [3.63, 3.8) is 0 Å². The molecule has 5 heteroatoms. The lowest BCUT2D eigenvalue weighted by atomic mass is 10.1. The zero-order valence-electron chi connectivity index (χ0n) is 13.9. The third-order valence-electron chi connectivity index (χ3n) is 3.61. The van der Waals surface area contributed by atoms with Crippen LogP contribution in [0.25, 0.3) is 0 Å². The van der Waals surface area contributed by atoms with Crippen molar-refractivity contribution in [3.05, 3.63) is 83.4 Å². The molecule has 1 heterocycles. The SMILES string of the molecule is Cc1ccc(C(=O)Nc2cccc(Oc3ccc(F)cc3)c2)c(C)n1. The van der Waals surface area contributed by atoms with Crippen LogP contribution in [-0.2, 0) is 0 Å². The predicted octanol–water partition coefficient (Wildman–Crippen LogP) is 4.88. The van der Waals surface area contributed by atoms with Gasteiger partial charge >= 0.3 is 0 Å². The fraction of sp³-hybridized carbons (Fsp3) is 0.100. The zero-order chi connectivity index (χ0) is 17.8. The Labute approximate surface area is 145 Å². The van der Waals surface area contributed by atoms with E-state index >= 15 is 0 Å². The summed E-state index contributed by atoms with van der Waals surface area (Å²) >= 11 is 0. The van der Waals surface area contributed by atoms with Gasteiger partial charge in [-0.15, -0.1) is 0 Å². The molecule has 3 aromatic rings. The van der Waals surface area contributed by atoms with Crippen LogP contribution in [0.4, 0.5) is 10.1 Å². The number of ether oxygens (including phenoxy) is 1. The summed E-state index contributed by atoms with van der Waals surface area (Å²) in [4.78, 5) is 16.7. The molecule has 4 nitrogen and oxygen atoms in total. The Bertz CT molecular complexity index is 908. The molecule has 0 atom stereocenters. The van der Waals surface area contributed by atoms with E-state index in [4.69, 9.17) is 4.74 Å². The van der Waals surface area contributed by atoms with Crippen molar-refractivity contribution in [2.24, 2.45) is 0 Å². The Kier molecular flexibility index (Phi) is 4.75. The van der Waals surface area contributed by atoms with Crippen molar-refractivity contribution < 1.29 is 13.9 Å². The number of hydrogen-bond acceptors (Lipinski definition) is 3. The quantitative estimate of drug-likeness (QED) is 0.738. The number of halogens is 1. The number of carbonyl (C=O) groups excluding carboxylic acids is 1. The molecule has 0 unspecified atom stereocenters. The van der Waals surface area contributed by atoms with Crippen LogP contribution in [0.1, 0.15) is 21.7 Å². The largest absolute Gasteiger partial charge is 0.457 e. The lowest BCUT2D eigenvalue weighted by Crippen LogP contribution is -2.14. The number of carbonyl (C=O) groups is 1. The second-order valence-electron chi connectivity index (χ2n) is 5.62. The Morgan fingerprint density at radius 2 is 1.76 bits per heavy atom. The maximum absolute atomic E-state index is 12.9. The molecule has 1 aromatic heterocycles. The summed E-state index contributed by atoms with van der Waals surface area (Å²) in [5.41, 5.74) is 2.67. The number of nitrogens with zero attached hydrogens (tertiary/aromatic N) is 1. The third-order valence-corrected chi connectivity index (χ3v) is 3.61. The van der Waals surface area contributed by atoms with Gasteiger partial charge in [-0.3, -0.25) is 9.78 Å². The lowest BCUT2D eigenvalue weighted by molar-refractivity contribution is 0.102.